The monoisotopic (exact) mass is 347 g/mol. The summed E-state index contributed by atoms with van der Waals surface area (Å²) in [6.07, 6.45) is 4.72. The average molecular weight is 347 g/mol. The second-order valence-corrected chi connectivity index (χ2v) is 6.40. The van der Waals surface area contributed by atoms with Gasteiger partial charge in [-0.1, -0.05) is 19.8 Å². The fourth-order valence-corrected chi connectivity index (χ4v) is 3.00. The summed E-state index contributed by atoms with van der Waals surface area (Å²) in [6, 6.07) is 7.33. The number of likely N-dealkylation sites (tertiary alicyclic amines) is 1. The van der Waals surface area contributed by atoms with Gasteiger partial charge in [-0.3, -0.25) is 9.59 Å². The fraction of sp³-hybridized carbons (Fsp3) is 0.600. The number of hydrogen-bond acceptors (Lipinski definition) is 4. The van der Waals surface area contributed by atoms with Crippen molar-refractivity contribution in [2.75, 3.05) is 26.3 Å². The molecule has 2 rings (SSSR count). The molecule has 0 radical (unpaired) electrons. The Kier molecular flexibility index (Phi) is 7.76. The summed E-state index contributed by atoms with van der Waals surface area (Å²) in [5, 5.41) is 0. The van der Waals surface area contributed by atoms with Crippen molar-refractivity contribution in [3.8, 4) is 5.75 Å². The van der Waals surface area contributed by atoms with E-state index in [4.69, 9.17) is 9.47 Å². The minimum atomic E-state index is -0.140. The summed E-state index contributed by atoms with van der Waals surface area (Å²) < 4.78 is 10.7. The van der Waals surface area contributed by atoms with Crippen LogP contribution in [0, 0.1) is 5.92 Å². The predicted octanol–water partition coefficient (Wildman–Crippen LogP) is 3.67. The van der Waals surface area contributed by atoms with Crippen LogP contribution in [0.4, 0.5) is 0 Å². The maximum Gasteiger partial charge on any atom is 0.309 e. The summed E-state index contributed by atoms with van der Waals surface area (Å²) in [7, 11) is 0. The van der Waals surface area contributed by atoms with Gasteiger partial charge in [-0.15, -0.1) is 0 Å². The van der Waals surface area contributed by atoms with E-state index in [1.807, 2.05) is 36.1 Å². The maximum atomic E-state index is 12.6. The lowest BCUT2D eigenvalue weighted by molar-refractivity contribution is -0.149. The Labute approximate surface area is 150 Å². The van der Waals surface area contributed by atoms with E-state index in [1.165, 1.54) is 12.8 Å². The van der Waals surface area contributed by atoms with E-state index in [-0.39, 0.29) is 17.8 Å². The Bertz CT molecular complexity index is 547. The number of piperidine rings is 1. The molecule has 0 aliphatic carbocycles. The molecular weight excluding hydrogens is 318 g/mol. The van der Waals surface area contributed by atoms with Crippen molar-refractivity contribution in [3.63, 3.8) is 0 Å². The molecule has 1 aromatic rings. The Morgan fingerprint density at radius 3 is 2.36 bits per heavy atom. The highest BCUT2D eigenvalue weighted by atomic mass is 16.5. The number of carbonyl (C=O) groups excluding carboxylic acids is 2. The second-order valence-electron chi connectivity index (χ2n) is 6.40. The van der Waals surface area contributed by atoms with Crippen LogP contribution in [0.5, 0.6) is 5.75 Å². The van der Waals surface area contributed by atoms with Crippen molar-refractivity contribution < 1.29 is 19.1 Å². The standard InChI is InChI=1S/C20H29NO4/c1-3-5-6-15-25-18-9-7-16(8-10-18)19(22)21-13-11-17(12-14-21)20(23)24-4-2/h7-10,17H,3-6,11-15H2,1-2H3. The van der Waals surface area contributed by atoms with E-state index in [9.17, 15) is 9.59 Å². The highest BCUT2D eigenvalue weighted by Gasteiger charge is 2.28. The lowest BCUT2D eigenvalue weighted by Gasteiger charge is -2.31. The smallest absolute Gasteiger partial charge is 0.309 e. The van der Waals surface area contributed by atoms with E-state index in [0.717, 1.165) is 12.2 Å². The van der Waals surface area contributed by atoms with Crippen LogP contribution >= 0.6 is 0 Å². The zero-order chi connectivity index (χ0) is 18.1. The molecule has 1 aliphatic rings. The van der Waals surface area contributed by atoms with Gasteiger partial charge in [0, 0.05) is 18.7 Å². The molecule has 5 heteroatoms. The zero-order valence-electron chi connectivity index (χ0n) is 15.3. The van der Waals surface area contributed by atoms with Crippen molar-refractivity contribution in [2.45, 2.75) is 46.0 Å². The highest BCUT2D eigenvalue weighted by molar-refractivity contribution is 5.94. The molecule has 0 unspecified atom stereocenters. The van der Waals surface area contributed by atoms with Gasteiger partial charge in [0.05, 0.1) is 19.1 Å². The van der Waals surface area contributed by atoms with E-state index in [2.05, 4.69) is 6.92 Å². The first-order valence-electron chi connectivity index (χ1n) is 9.34. The molecule has 5 nitrogen and oxygen atoms in total. The van der Waals surface area contributed by atoms with Gasteiger partial charge < -0.3 is 14.4 Å². The second kappa shape index (κ2) is 10.1. The third-order valence-corrected chi connectivity index (χ3v) is 4.52. The number of unbranched alkanes of at least 4 members (excludes halogenated alkanes) is 2. The van der Waals surface area contributed by atoms with Crippen molar-refractivity contribution in [2.24, 2.45) is 5.92 Å². The van der Waals surface area contributed by atoms with Crippen molar-refractivity contribution >= 4 is 11.9 Å². The third-order valence-electron chi connectivity index (χ3n) is 4.52. The third kappa shape index (κ3) is 5.76. The molecule has 0 bridgehead atoms. The van der Waals surface area contributed by atoms with Crippen molar-refractivity contribution in [1.82, 2.24) is 4.90 Å². The summed E-state index contributed by atoms with van der Waals surface area (Å²) in [4.78, 5) is 26.2. The van der Waals surface area contributed by atoms with Crippen molar-refractivity contribution in [1.29, 1.82) is 0 Å². The van der Waals surface area contributed by atoms with Gasteiger partial charge in [0.25, 0.3) is 5.91 Å². The van der Waals surface area contributed by atoms with Crippen LogP contribution in [0.1, 0.15) is 56.3 Å². The van der Waals surface area contributed by atoms with Gasteiger partial charge in [0.15, 0.2) is 0 Å². The number of rotatable bonds is 8. The molecule has 1 aromatic carbocycles. The molecule has 1 saturated heterocycles. The van der Waals surface area contributed by atoms with Crippen LogP contribution in [0.3, 0.4) is 0 Å². The molecule has 25 heavy (non-hydrogen) atoms. The number of ether oxygens (including phenoxy) is 2. The average Bonchev–Trinajstić information content (AvgIpc) is 2.65. The van der Waals surface area contributed by atoms with Gasteiger partial charge in [0.1, 0.15) is 5.75 Å². The predicted molar refractivity (Wildman–Crippen MR) is 96.7 cm³/mol. The molecule has 138 valence electrons. The molecule has 0 saturated carbocycles. The van der Waals surface area contributed by atoms with Gasteiger partial charge >= 0.3 is 5.97 Å². The van der Waals surface area contributed by atoms with E-state index < -0.39 is 0 Å². The van der Waals surface area contributed by atoms with Gasteiger partial charge in [-0.05, 0) is 50.5 Å². The Hall–Kier alpha value is -2.04. The highest BCUT2D eigenvalue weighted by Crippen LogP contribution is 2.21. The van der Waals surface area contributed by atoms with Crippen LogP contribution in [0.15, 0.2) is 24.3 Å². The first kappa shape index (κ1) is 19.3. The maximum absolute atomic E-state index is 12.6. The van der Waals surface area contributed by atoms with Crippen LogP contribution in [0.25, 0.3) is 0 Å². The number of amides is 1. The number of hydrogen-bond donors (Lipinski definition) is 0. The Balaban J connectivity index is 1.82. The number of esters is 1. The molecular formula is C20H29NO4. The van der Waals surface area contributed by atoms with E-state index >= 15 is 0 Å². The van der Waals surface area contributed by atoms with Crippen LogP contribution in [-0.4, -0.2) is 43.1 Å². The number of carbonyl (C=O) groups is 2. The molecule has 1 fully saturated rings. The Morgan fingerprint density at radius 2 is 1.76 bits per heavy atom. The summed E-state index contributed by atoms with van der Waals surface area (Å²) in [5.41, 5.74) is 0.662. The molecule has 1 aliphatic heterocycles. The van der Waals surface area contributed by atoms with Crippen LogP contribution in [-0.2, 0) is 9.53 Å². The summed E-state index contributed by atoms with van der Waals surface area (Å²) >= 11 is 0. The minimum absolute atomic E-state index is 0.0137. The SMILES string of the molecule is CCCCCOc1ccc(C(=O)N2CCC(C(=O)OCC)CC2)cc1. The molecule has 0 aromatic heterocycles. The lowest BCUT2D eigenvalue weighted by Crippen LogP contribution is -2.40. The van der Waals surface area contributed by atoms with Gasteiger partial charge in [-0.2, -0.15) is 0 Å². The summed E-state index contributed by atoms with van der Waals surface area (Å²) in [5.74, 6) is 0.593. The number of benzene rings is 1. The van der Waals surface area contributed by atoms with Gasteiger partial charge in [-0.25, -0.2) is 0 Å². The Morgan fingerprint density at radius 1 is 1.08 bits per heavy atom. The largest absolute Gasteiger partial charge is 0.494 e. The summed E-state index contributed by atoms with van der Waals surface area (Å²) in [6.45, 7) is 6.28. The van der Waals surface area contributed by atoms with Crippen LogP contribution < -0.4 is 4.74 Å². The van der Waals surface area contributed by atoms with Gasteiger partial charge in [0.2, 0.25) is 0 Å². The van der Waals surface area contributed by atoms with E-state index in [0.29, 0.717) is 44.7 Å². The van der Waals surface area contributed by atoms with Crippen molar-refractivity contribution in [3.05, 3.63) is 29.8 Å². The molecule has 0 N–H and O–H groups in total. The van der Waals surface area contributed by atoms with Crippen LogP contribution in [0.2, 0.25) is 0 Å². The first-order valence-corrected chi connectivity index (χ1v) is 9.34. The molecule has 1 amide bonds. The normalized spacial score (nSPS) is 15.0. The molecule has 1 heterocycles. The van der Waals surface area contributed by atoms with E-state index in [1.54, 1.807) is 0 Å². The quantitative estimate of drug-likeness (QED) is 0.532. The topological polar surface area (TPSA) is 55.8 Å². The lowest BCUT2D eigenvalue weighted by atomic mass is 9.96. The first-order chi connectivity index (χ1) is 12.2. The zero-order valence-corrected chi connectivity index (χ0v) is 15.3. The number of nitrogens with zero attached hydrogens (tertiary/aromatic N) is 1. The molecule has 0 spiro atoms. The fourth-order valence-electron chi connectivity index (χ4n) is 3.00. The minimum Gasteiger partial charge on any atom is -0.494 e. The molecule has 0 atom stereocenters.